The highest BCUT2D eigenvalue weighted by atomic mass is 16.3. The summed E-state index contributed by atoms with van der Waals surface area (Å²) in [7, 11) is 0. The van der Waals surface area contributed by atoms with Gasteiger partial charge in [-0.1, -0.05) is 37.3 Å². The standard InChI is InChI=1S/C15H22N2O2/c1-10(14(16)12-5-3-2-4-6-12)15(19)17-9-11-7-13(18)8-11/h2-6,10-11,13-14,18H,7-9,16H2,1H3,(H,17,19). The van der Waals surface area contributed by atoms with Crippen molar-refractivity contribution in [2.75, 3.05) is 6.54 Å². The van der Waals surface area contributed by atoms with Gasteiger partial charge in [0.15, 0.2) is 0 Å². The van der Waals surface area contributed by atoms with Crippen LogP contribution in [0.4, 0.5) is 0 Å². The van der Waals surface area contributed by atoms with Gasteiger partial charge >= 0.3 is 0 Å². The molecule has 0 saturated heterocycles. The second-order valence-electron chi connectivity index (χ2n) is 5.46. The predicted octanol–water partition coefficient (Wildman–Crippen LogP) is 1.21. The molecule has 0 radical (unpaired) electrons. The number of carbonyl (C=O) groups excluding carboxylic acids is 1. The first-order chi connectivity index (χ1) is 9.08. The summed E-state index contributed by atoms with van der Waals surface area (Å²) in [5, 5.41) is 12.1. The molecule has 4 N–H and O–H groups in total. The monoisotopic (exact) mass is 262 g/mol. The van der Waals surface area contributed by atoms with Crippen molar-refractivity contribution in [3.05, 3.63) is 35.9 Å². The zero-order valence-electron chi connectivity index (χ0n) is 11.3. The van der Waals surface area contributed by atoms with E-state index in [0.29, 0.717) is 12.5 Å². The molecule has 4 nitrogen and oxygen atoms in total. The van der Waals surface area contributed by atoms with Crippen molar-refractivity contribution < 1.29 is 9.90 Å². The minimum absolute atomic E-state index is 0.0160. The molecular formula is C15H22N2O2. The highest BCUT2D eigenvalue weighted by Crippen LogP contribution is 2.26. The van der Waals surface area contributed by atoms with E-state index in [2.05, 4.69) is 5.32 Å². The van der Waals surface area contributed by atoms with Crippen molar-refractivity contribution in [3.8, 4) is 0 Å². The van der Waals surface area contributed by atoms with Crippen molar-refractivity contribution >= 4 is 5.91 Å². The van der Waals surface area contributed by atoms with Gasteiger partial charge in [-0.05, 0) is 24.3 Å². The Morgan fingerprint density at radius 2 is 2.05 bits per heavy atom. The average molecular weight is 262 g/mol. The summed E-state index contributed by atoms with van der Waals surface area (Å²) in [4.78, 5) is 12.0. The van der Waals surface area contributed by atoms with E-state index in [9.17, 15) is 9.90 Å². The van der Waals surface area contributed by atoms with Crippen LogP contribution in [0.25, 0.3) is 0 Å². The van der Waals surface area contributed by atoms with E-state index in [4.69, 9.17) is 5.73 Å². The molecule has 1 aliphatic rings. The van der Waals surface area contributed by atoms with Crippen molar-refractivity contribution in [2.45, 2.75) is 31.9 Å². The molecule has 1 aromatic carbocycles. The van der Waals surface area contributed by atoms with Gasteiger partial charge < -0.3 is 16.2 Å². The fourth-order valence-corrected chi connectivity index (χ4v) is 2.40. The SMILES string of the molecule is CC(C(=O)NCC1CC(O)C1)C(N)c1ccccc1. The van der Waals surface area contributed by atoms with Crippen molar-refractivity contribution in [1.29, 1.82) is 0 Å². The third-order valence-electron chi connectivity index (χ3n) is 3.91. The number of aliphatic hydroxyl groups excluding tert-OH is 1. The third kappa shape index (κ3) is 3.55. The first-order valence-corrected chi connectivity index (χ1v) is 6.84. The fourth-order valence-electron chi connectivity index (χ4n) is 2.40. The molecule has 19 heavy (non-hydrogen) atoms. The van der Waals surface area contributed by atoms with Crippen LogP contribution in [0.5, 0.6) is 0 Å². The van der Waals surface area contributed by atoms with E-state index in [0.717, 1.165) is 18.4 Å². The Morgan fingerprint density at radius 1 is 1.42 bits per heavy atom. The second kappa shape index (κ2) is 6.17. The first kappa shape index (κ1) is 14.0. The Bertz CT molecular complexity index is 415. The lowest BCUT2D eigenvalue weighted by molar-refractivity contribution is -0.125. The molecule has 1 aliphatic carbocycles. The van der Waals surface area contributed by atoms with Crippen LogP contribution in [-0.4, -0.2) is 23.7 Å². The third-order valence-corrected chi connectivity index (χ3v) is 3.91. The Kier molecular flexibility index (Phi) is 4.56. The molecule has 2 unspecified atom stereocenters. The van der Waals surface area contributed by atoms with Gasteiger partial charge in [-0.25, -0.2) is 0 Å². The number of hydrogen-bond donors (Lipinski definition) is 3. The minimum atomic E-state index is -0.284. The van der Waals surface area contributed by atoms with Crippen molar-refractivity contribution in [3.63, 3.8) is 0 Å². The summed E-state index contributed by atoms with van der Waals surface area (Å²) < 4.78 is 0. The maximum absolute atomic E-state index is 12.0. The largest absolute Gasteiger partial charge is 0.393 e. The van der Waals surface area contributed by atoms with Gasteiger partial charge in [-0.15, -0.1) is 0 Å². The van der Waals surface area contributed by atoms with E-state index < -0.39 is 0 Å². The Hall–Kier alpha value is -1.39. The molecule has 0 aromatic heterocycles. The van der Waals surface area contributed by atoms with E-state index in [1.807, 2.05) is 37.3 Å². The molecule has 1 saturated carbocycles. The van der Waals surface area contributed by atoms with Crippen LogP contribution >= 0.6 is 0 Å². The first-order valence-electron chi connectivity index (χ1n) is 6.84. The van der Waals surface area contributed by atoms with Crippen LogP contribution < -0.4 is 11.1 Å². The van der Waals surface area contributed by atoms with Crippen LogP contribution in [0.15, 0.2) is 30.3 Å². The zero-order chi connectivity index (χ0) is 13.8. The van der Waals surface area contributed by atoms with Crippen LogP contribution in [0, 0.1) is 11.8 Å². The van der Waals surface area contributed by atoms with Gasteiger partial charge in [0.05, 0.1) is 12.0 Å². The number of benzene rings is 1. The lowest BCUT2D eigenvalue weighted by atomic mass is 9.82. The van der Waals surface area contributed by atoms with Gasteiger partial charge in [-0.3, -0.25) is 4.79 Å². The molecule has 0 spiro atoms. The number of hydrogen-bond acceptors (Lipinski definition) is 3. The van der Waals surface area contributed by atoms with Crippen molar-refractivity contribution in [2.24, 2.45) is 17.6 Å². The summed E-state index contributed by atoms with van der Waals surface area (Å²) >= 11 is 0. The number of nitrogens with one attached hydrogen (secondary N) is 1. The van der Waals surface area contributed by atoms with E-state index in [1.165, 1.54) is 0 Å². The molecule has 0 aliphatic heterocycles. The molecule has 0 bridgehead atoms. The fraction of sp³-hybridized carbons (Fsp3) is 0.533. The summed E-state index contributed by atoms with van der Waals surface area (Å²) in [6, 6.07) is 9.38. The molecule has 1 fully saturated rings. The molecule has 2 rings (SSSR count). The molecule has 104 valence electrons. The predicted molar refractivity (Wildman–Crippen MR) is 74.3 cm³/mol. The van der Waals surface area contributed by atoms with Gasteiger partial charge in [0.1, 0.15) is 0 Å². The molecule has 0 heterocycles. The lowest BCUT2D eigenvalue weighted by Gasteiger charge is -2.32. The van der Waals surface area contributed by atoms with Gasteiger partial charge in [0, 0.05) is 12.6 Å². The van der Waals surface area contributed by atoms with Crippen LogP contribution in [-0.2, 0) is 4.79 Å². The summed E-state index contributed by atoms with van der Waals surface area (Å²) in [6.07, 6.45) is 1.41. The number of carbonyl (C=O) groups is 1. The number of nitrogens with two attached hydrogens (primary N) is 1. The number of rotatable bonds is 5. The van der Waals surface area contributed by atoms with Crippen LogP contribution in [0.3, 0.4) is 0 Å². The van der Waals surface area contributed by atoms with Crippen molar-refractivity contribution in [1.82, 2.24) is 5.32 Å². The molecule has 2 atom stereocenters. The molecule has 1 amide bonds. The molecule has 4 heteroatoms. The van der Waals surface area contributed by atoms with Gasteiger partial charge in [0.25, 0.3) is 0 Å². The summed E-state index contributed by atoms with van der Waals surface area (Å²) in [6.45, 7) is 2.49. The van der Waals surface area contributed by atoms with Crippen LogP contribution in [0.1, 0.15) is 31.4 Å². The van der Waals surface area contributed by atoms with Gasteiger partial charge in [-0.2, -0.15) is 0 Å². The lowest BCUT2D eigenvalue weighted by Crippen LogP contribution is -2.42. The molecule has 1 aromatic rings. The van der Waals surface area contributed by atoms with Gasteiger partial charge in [0.2, 0.25) is 5.91 Å². The number of amides is 1. The van der Waals surface area contributed by atoms with E-state index in [-0.39, 0.29) is 24.0 Å². The number of aliphatic hydroxyl groups is 1. The highest BCUT2D eigenvalue weighted by molar-refractivity contribution is 5.79. The minimum Gasteiger partial charge on any atom is -0.393 e. The Morgan fingerprint density at radius 3 is 2.63 bits per heavy atom. The van der Waals surface area contributed by atoms with Crippen LogP contribution in [0.2, 0.25) is 0 Å². The maximum Gasteiger partial charge on any atom is 0.224 e. The van der Waals surface area contributed by atoms with E-state index in [1.54, 1.807) is 0 Å². The quantitative estimate of drug-likeness (QED) is 0.746. The zero-order valence-corrected chi connectivity index (χ0v) is 11.3. The Labute approximate surface area is 114 Å². The average Bonchev–Trinajstić information content (AvgIpc) is 2.41. The smallest absolute Gasteiger partial charge is 0.224 e. The topological polar surface area (TPSA) is 75.3 Å². The molecular weight excluding hydrogens is 240 g/mol. The second-order valence-corrected chi connectivity index (χ2v) is 5.46. The Balaban J connectivity index is 1.81. The highest BCUT2D eigenvalue weighted by Gasteiger charge is 2.28. The normalized spacial score (nSPS) is 25.2. The van der Waals surface area contributed by atoms with E-state index >= 15 is 0 Å². The maximum atomic E-state index is 12.0. The summed E-state index contributed by atoms with van der Waals surface area (Å²) in [5.41, 5.74) is 7.09. The summed E-state index contributed by atoms with van der Waals surface area (Å²) in [5.74, 6) is 0.143.